The Hall–Kier alpha value is -2.63. The molecule has 0 saturated carbocycles. The lowest BCUT2D eigenvalue weighted by Crippen LogP contribution is -2.06. The average Bonchev–Trinajstić information content (AvgIpc) is 2.88. The van der Waals surface area contributed by atoms with Crippen LogP contribution in [-0.2, 0) is 4.74 Å². The van der Waals surface area contributed by atoms with E-state index in [2.05, 4.69) is 4.98 Å². The summed E-state index contributed by atoms with van der Waals surface area (Å²) in [6, 6.07) is 6.06. The second-order valence-corrected chi connectivity index (χ2v) is 3.64. The van der Waals surface area contributed by atoms with E-state index in [0.29, 0.717) is 5.56 Å². The maximum Gasteiger partial charge on any atom is 0.360 e. The molecule has 0 amide bonds. The van der Waals surface area contributed by atoms with Crippen molar-refractivity contribution in [2.75, 3.05) is 6.61 Å². The van der Waals surface area contributed by atoms with Crippen molar-refractivity contribution in [2.24, 2.45) is 0 Å². The summed E-state index contributed by atoms with van der Waals surface area (Å²) >= 11 is 0. The fraction of sp³-hybridized carbons (Fsp3) is 0.154. The van der Waals surface area contributed by atoms with Gasteiger partial charge in [0.05, 0.1) is 12.2 Å². The van der Waals surface area contributed by atoms with Crippen molar-refractivity contribution in [3.05, 3.63) is 41.9 Å². The fourth-order valence-electron chi connectivity index (χ4n) is 1.59. The zero-order valence-electron chi connectivity index (χ0n) is 10.1. The van der Waals surface area contributed by atoms with Gasteiger partial charge >= 0.3 is 11.9 Å². The SMILES string of the molecule is CCOC(=O)c1ncoc1-c1cccc(C(=O)O)c1. The van der Waals surface area contributed by atoms with Crippen molar-refractivity contribution in [3.8, 4) is 11.3 Å². The van der Waals surface area contributed by atoms with Crippen LogP contribution in [0.1, 0.15) is 27.8 Å². The number of hydrogen-bond donors (Lipinski definition) is 1. The molecule has 98 valence electrons. The first-order valence-electron chi connectivity index (χ1n) is 5.57. The van der Waals surface area contributed by atoms with Crippen molar-refractivity contribution in [3.63, 3.8) is 0 Å². The summed E-state index contributed by atoms with van der Waals surface area (Å²) in [5.74, 6) is -1.47. The highest BCUT2D eigenvalue weighted by Crippen LogP contribution is 2.24. The molecule has 0 spiro atoms. The van der Waals surface area contributed by atoms with Crippen LogP contribution in [0, 0.1) is 0 Å². The highest BCUT2D eigenvalue weighted by Gasteiger charge is 2.20. The number of ether oxygens (including phenoxy) is 1. The molecule has 1 aromatic heterocycles. The Bertz CT molecular complexity index is 617. The Morgan fingerprint density at radius 2 is 2.21 bits per heavy atom. The summed E-state index contributed by atoms with van der Waals surface area (Å²) in [5, 5.41) is 8.93. The van der Waals surface area contributed by atoms with Crippen molar-refractivity contribution < 1.29 is 23.8 Å². The third-order valence-electron chi connectivity index (χ3n) is 2.41. The fourth-order valence-corrected chi connectivity index (χ4v) is 1.59. The van der Waals surface area contributed by atoms with Crippen LogP contribution in [0.3, 0.4) is 0 Å². The smallest absolute Gasteiger partial charge is 0.360 e. The van der Waals surface area contributed by atoms with Gasteiger partial charge in [-0.05, 0) is 19.1 Å². The molecule has 0 atom stereocenters. The Labute approximate surface area is 108 Å². The number of oxazole rings is 1. The van der Waals surface area contributed by atoms with Gasteiger partial charge in [0.1, 0.15) is 0 Å². The Morgan fingerprint density at radius 1 is 1.42 bits per heavy atom. The Morgan fingerprint density at radius 3 is 2.89 bits per heavy atom. The number of carboxylic acid groups (broad SMARTS) is 1. The standard InChI is InChI=1S/C13H11NO5/c1-2-18-13(17)10-11(19-7-14-10)8-4-3-5-9(6-8)12(15)16/h3-7H,2H2,1H3,(H,15,16). The molecule has 1 heterocycles. The number of aromatic nitrogens is 1. The van der Waals surface area contributed by atoms with Gasteiger partial charge in [-0.25, -0.2) is 14.6 Å². The predicted octanol–water partition coefficient (Wildman–Crippen LogP) is 2.22. The van der Waals surface area contributed by atoms with Crippen molar-refractivity contribution in [1.82, 2.24) is 4.98 Å². The minimum atomic E-state index is -1.06. The molecule has 1 aromatic carbocycles. The van der Waals surface area contributed by atoms with Crippen LogP contribution < -0.4 is 0 Å². The van der Waals surface area contributed by atoms with E-state index in [0.717, 1.165) is 6.39 Å². The maximum atomic E-state index is 11.7. The molecule has 6 heteroatoms. The minimum Gasteiger partial charge on any atom is -0.478 e. The van der Waals surface area contributed by atoms with Gasteiger partial charge < -0.3 is 14.3 Å². The number of esters is 1. The molecule has 0 saturated heterocycles. The van der Waals surface area contributed by atoms with E-state index in [4.69, 9.17) is 14.3 Å². The topological polar surface area (TPSA) is 89.6 Å². The van der Waals surface area contributed by atoms with Crippen LogP contribution in [0.25, 0.3) is 11.3 Å². The van der Waals surface area contributed by atoms with Crippen molar-refractivity contribution in [1.29, 1.82) is 0 Å². The van der Waals surface area contributed by atoms with E-state index in [1.807, 2.05) is 0 Å². The van der Waals surface area contributed by atoms with Gasteiger partial charge in [0.15, 0.2) is 17.8 Å². The van der Waals surface area contributed by atoms with Gasteiger partial charge in [-0.3, -0.25) is 0 Å². The third kappa shape index (κ3) is 2.62. The van der Waals surface area contributed by atoms with E-state index in [9.17, 15) is 9.59 Å². The Kier molecular flexibility index (Phi) is 3.61. The first kappa shape index (κ1) is 12.8. The molecular weight excluding hydrogens is 250 g/mol. The van der Waals surface area contributed by atoms with E-state index in [-0.39, 0.29) is 23.6 Å². The largest absolute Gasteiger partial charge is 0.478 e. The van der Waals surface area contributed by atoms with Gasteiger partial charge in [0.25, 0.3) is 0 Å². The lowest BCUT2D eigenvalue weighted by Gasteiger charge is -2.02. The number of nitrogens with zero attached hydrogens (tertiary/aromatic N) is 1. The summed E-state index contributed by atoms with van der Waals surface area (Å²) in [6.07, 6.45) is 1.12. The molecule has 0 aliphatic heterocycles. The molecule has 0 radical (unpaired) electrons. The molecule has 6 nitrogen and oxygen atoms in total. The molecule has 2 aromatic rings. The van der Waals surface area contributed by atoms with Crippen LogP contribution in [-0.4, -0.2) is 28.6 Å². The third-order valence-corrected chi connectivity index (χ3v) is 2.41. The first-order valence-corrected chi connectivity index (χ1v) is 5.57. The molecular formula is C13H11NO5. The van der Waals surface area contributed by atoms with E-state index in [1.54, 1.807) is 19.1 Å². The summed E-state index contributed by atoms with van der Waals surface area (Å²) < 4.78 is 10.00. The van der Waals surface area contributed by atoms with Crippen molar-refractivity contribution in [2.45, 2.75) is 6.92 Å². The second-order valence-electron chi connectivity index (χ2n) is 3.64. The number of rotatable bonds is 4. The van der Waals surface area contributed by atoms with Crippen LogP contribution in [0.4, 0.5) is 0 Å². The van der Waals surface area contributed by atoms with E-state index < -0.39 is 11.9 Å². The van der Waals surface area contributed by atoms with Crippen LogP contribution >= 0.6 is 0 Å². The molecule has 0 unspecified atom stereocenters. The van der Waals surface area contributed by atoms with E-state index >= 15 is 0 Å². The van der Waals surface area contributed by atoms with Crippen molar-refractivity contribution >= 4 is 11.9 Å². The van der Waals surface area contributed by atoms with Gasteiger partial charge in [0.2, 0.25) is 0 Å². The number of benzene rings is 1. The van der Waals surface area contributed by atoms with Crippen LogP contribution in [0.2, 0.25) is 0 Å². The van der Waals surface area contributed by atoms with Gasteiger partial charge in [0, 0.05) is 5.56 Å². The lowest BCUT2D eigenvalue weighted by atomic mass is 10.1. The predicted molar refractivity (Wildman–Crippen MR) is 64.9 cm³/mol. The zero-order valence-corrected chi connectivity index (χ0v) is 10.1. The van der Waals surface area contributed by atoms with Crippen LogP contribution in [0.5, 0.6) is 0 Å². The highest BCUT2D eigenvalue weighted by molar-refractivity contribution is 5.95. The summed E-state index contributed by atoms with van der Waals surface area (Å²) in [7, 11) is 0. The van der Waals surface area contributed by atoms with Crippen LogP contribution in [0.15, 0.2) is 35.1 Å². The summed E-state index contributed by atoms with van der Waals surface area (Å²) in [5.41, 5.74) is 0.591. The molecule has 0 bridgehead atoms. The molecule has 0 fully saturated rings. The molecule has 0 aliphatic carbocycles. The average molecular weight is 261 g/mol. The molecule has 19 heavy (non-hydrogen) atoms. The zero-order chi connectivity index (χ0) is 13.8. The quantitative estimate of drug-likeness (QED) is 0.848. The number of hydrogen-bond acceptors (Lipinski definition) is 5. The first-order chi connectivity index (χ1) is 9.13. The van der Waals surface area contributed by atoms with E-state index in [1.165, 1.54) is 12.1 Å². The summed E-state index contributed by atoms with van der Waals surface area (Å²) in [6.45, 7) is 1.91. The number of carbonyl (C=O) groups is 2. The molecule has 0 aliphatic rings. The Balaban J connectivity index is 2.42. The van der Waals surface area contributed by atoms with Gasteiger partial charge in [-0.1, -0.05) is 12.1 Å². The second kappa shape index (κ2) is 5.34. The minimum absolute atomic E-state index is 0.0318. The highest BCUT2D eigenvalue weighted by atomic mass is 16.5. The number of carboxylic acids is 1. The van der Waals surface area contributed by atoms with Gasteiger partial charge in [-0.2, -0.15) is 0 Å². The maximum absolute atomic E-state index is 11.7. The normalized spacial score (nSPS) is 10.2. The lowest BCUT2D eigenvalue weighted by molar-refractivity contribution is 0.0520. The molecule has 2 rings (SSSR count). The number of aromatic carboxylic acids is 1. The van der Waals surface area contributed by atoms with Gasteiger partial charge in [-0.15, -0.1) is 0 Å². The summed E-state index contributed by atoms with van der Waals surface area (Å²) in [4.78, 5) is 26.4. The monoisotopic (exact) mass is 261 g/mol. The number of carbonyl (C=O) groups excluding carboxylic acids is 1. The molecule has 1 N–H and O–H groups in total.